The Morgan fingerprint density at radius 1 is 1.14 bits per heavy atom. The van der Waals surface area contributed by atoms with E-state index in [1.54, 1.807) is 33.3 Å². The molecule has 146 valence electrons. The number of fused-ring (bicyclic) bond motifs is 1. The van der Waals surface area contributed by atoms with Crippen molar-refractivity contribution in [2.75, 3.05) is 37.7 Å². The second kappa shape index (κ2) is 8.16. The number of aryl methyl sites for hydroxylation is 1. The highest BCUT2D eigenvalue weighted by Crippen LogP contribution is 2.34. The summed E-state index contributed by atoms with van der Waals surface area (Å²) in [6.45, 7) is 4.38. The molecule has 0 bridgehead atoms. The molecule has 1 aromatic carbocycles. The third-order valence-electron chi connectivity index (χ3n) is 4.79. The van der Waals surface area contributed by atoms with Gasteiger partial charge in [0.05, 0.1) is 25.4 Å². The van der Waals surface area contributed by atoms with Gasteiger partial charge in [0.15, 0.2) is 6.10 Å². The molecule has 1 unspecified atom stereocenters. The van der Waals surface area contributed by atoms with Crippen LogP contribution in [0.3, 0.4) is 0 Å². The SMILES string of the molecule is Cc1ccc(C=CC(=O)N2CC(C(=O)N3CCOCC3)Oc3ccccc32)s1. The van der Waals surface area contributed by atoms with Gasteiger partial charge in [-0.05, 0) is 37.3 Å². The fraction of sp³-hybridized carbons (Fsp3) is 0.333. The zero-order valence-corrected chi connectivity index (χ0v) is 16.5. The molecule has 0 saturated carbocycles. The van der Waals surface area contributed by atoms with E-state index >= 15 is 0 Å². The van der Waals surface area contributed by atoms with E-state index in [1.807, 2.05) is 43.3 Å². The summed E-state index contributed by atoms with van der Waals surface area (Å²) in [4.78, 5) is 31.4. The Bertz CT molecular complexity index is 901. The van der Waals surface area contributed by atoms with Gasteiger partial charge in [0.25, 0.3) is 11.8 Å². The molecule has 0 radical (unpaired) electrons. The van der Waals surface area contributed by atoms with Gasteiger partial charge in [-0.1, -0.05) is 12.1 Å². The summed E-state index contributed by atoms with van der Waals surface area (Å²) in [6.07, 6.45) is 2.66. The number of amides is 2. The van der Waals surface area contributed by atoms with Gasteiger partial charge in [-0.2, -0.15) is 0 Å². The van der Waals surface area contributed by atoms with E-state index in [0.717, 1.165) is 4.88 Å². The van der Waals surface area contributed by atoms with E-state index in [-0.39, 0.29) is 18.4 Å². The molecule has 2 aliphatic rings. The highest BCUT2D eigenvalue weighted by atomic mass is 32.1. The molecule has 1 saturated heterocycles. The number of benzene rings is 1. The van der Waals surface area contributed by atoms with Crippen LogP contribution in [-0.2, 0) is 14.3 Å². The van der Waals surface area contributed by atoms with Crippen LogP contribution in [0.1, 0.15) is 9.75 Å². The number of ether oxygens (including phenoxy) is 2. The molecule has 0 N–H and O–H groups in total. The average molecular weight is 398 g/mol. The molecule has 1 aromatic heterocycles. The van der Waals surface area contributed by atoms with Gasteiger partial charge in [-0.15, -0.1) is 11.3 Å². The van der Waals surface area contributed by atoms with Gasteiger partial charge in [-0.3, -0.25) is 9.59 Å². The van der Waals surface area contributed by atoms with E-state index < -0.39 is 6.10 Å². The highest BCUT2D eigenvalue weighted by Gasteiger charge is 2.35. The van der Waals surface area contributed by atoms with Crippen molar-refractivity contribution in [3.63, 3.8) is 0 Å². The van der Waals surface area contributed by atoms with E-state index in [2.05, 4.69) is 0 Å². The van der Waals surface area contributed by atoms with Crippen LogP contribution in [0.5, 0.6) is 5.75 Å². The summed E-state index contributed by atoms with van der Waals surface area (Å²) in [5.41, 5.74) is 0.686. The van der Waals surface area contributed by atoms with Crippen molar-refractivity contribution in [3.05, 3.63) is 52.2 Å². The molecule has 3 heterocycles. The number of carbonyl (C=O) groups is 2. The van der Waals surface area contributed by atoms with Crippen LogP contribution in [-0.4, -0.2) is 55.7 Å². The highest BCUT2D eigenvalue weighted by molar-refractivity contribution is 7.12. The second-order valence-electron chi connectivity index (χ2n) is 6.74. The quantitative estimate of drug-likeness (QED) is 0.746. The van der Waals surface area contributed by atoms with Crippen LogP contribution in [0.4, 0.5) is 5.69 Å². The molecule has 2 aliphatic heterocycles. The first-order valence-corrected chi connectivity index (χ1v) is 10.1. The lowest BCUT2D eigenvalue weighted by Crippen LogP contribution is -2.53. The zero-order chi connectivity index (χ0) is 19.5. The molecule has 4 rings (SSSR count). The molecule has 28 heavy (non-hydrogen) atoms. The van der Waals surface area contributed by atoms with Crippen molar-refractivity contribution >= 4 is 34.9 Å². The predicted octanol–water partition coefficient (Wildman–Crippen LogP) is 2.72. The van der Waals surface area contributed by atoms with Crippen LogP contribution in [0.2, 0.25) is 0 Å². The maximum absolute atomic E-state index is 12.9. The number of anilines is 1. The van der Waals surface area contributed by atoms with Crippen molar-refractivity contribution in [2.24, 2.45) is 0 Å². The topological polar surface area (TPSA) is 59.1 Å². The number of carbonyl (C=O) groups excluding carboxylic acids is 2. The van der Waals surface area contributed by atoms with Crippen molar-refractivity contribution < 1.29 is 19.1 Å². The maximum Gasteiger partial charge on any atom is 0.265 e. The minimum atomic E-state index is -0.714. The number of nitrogens with zero attached hydrogens (tertiary/aromatic N) is 2. The van der Waals surface area contributed by atoms with Crippen LogP contribution in [0, 0.1) is 6.92 Å². The summed E-state index contributed by atoms with van der Waals surface area (Å²) in [6, 6.07) is 11.3. The third-order valence-corrected chi connectivity index (χ3v) is 5.76. The Balaban J connectivity index is 1.55. The van der Waals surface area contributed by atoms with Crippen molar-refractivity contribution in [1.82, 2.24) is 4.90 Å². The molecule has 0 spiro atoms. The van der Waals surface area contributed by atoms with Crippen molar-refractivity contribution in [1.29, 1.82) is 0 Å². The molecule has 0 aliphatic carbocycles. The summed E-state index contributed by atoms with van der Waals surface area (Å²) in [5, 5.41) is 0. The predicted molar refractivity (Wildman–Crippen MR) is 109 cm³/mol. The van der Waals surface area contributed by atoms with Gasteiger partial charge < -0.3 is 19.3 Å². The van der Waals surface area contributed by atoms with Gasteiger partial charge in [-0.25, -0.2) is 0 Å². The van der Waals surface area contributed by atoms with Crippen LogP contribution in [0.15, 0.2) is 42.5 Å². The standard InChI is InChI=1S/C21H22N2O4S/c1-15-6-7-16(28-15)8-9-20(24)23-14-19(21(25)22-10-12-26-13-11-22)27-18-5-3-2-4-17(18)23/h2-9,19H,10-14H2,1H3. The summed E-state index contributed by atoms with van der Waals surface area (Å²) in [7, 11) is 0. The second-order valence-corrected chi connectivity index (χ2v) is 8.06. The number of rotatable bonds is 3. The maximum atomic E-state index is 12.9. The number of hydrogen-bond donors (Lipinski definition) is 0. The normalized spacial score (nSPS) is 19.4. The van der Waals surface area contributed by atoms with E-state index in [1.165, 1.54) is 4.88 Å². The average Bonchev–Trinajstić information content (AvgIpc) is 3.16. The van der Waals surface area contributed by atoms with Gasteiger partial charge in [0.1, 0.15) is 5.75 Å². The first kappa shape index (κ1) is 18.7. The summed E-state index contributed by atoms with van der Waals surface area (Å²) < 4.78 is 11.3. The van der Waals surface area contributed by atoms with Crippen molar-refractivity contribution in [2.45, 2.75) is 13.0 Å². The Morgan fingerprint density at radius 3 is 2.68 bits per heavy atom. The van der Waals surface area contributed by atoms with Gasteiger partial charge in [0, 0.05) is 28.9 Å². The molecular formula is C21H22N2O4S. The lowest BCUT2D eigenvalue weighted by Gasteiger charge is -2.37. The lowest BCUT2D eigenvalue weighted by atomic mass is 10.1. The van der Waals surface area contributed by atoms with E-state index in [0.29, 0.717) is 37.7 Å². The van der Waals surface area contributed by atoms with Gasteiger partial charge in [0.2, 0.25) is 0 Å². The fourth-order valence-corrected chi connectivity index (χ4v) is 4.13. The first-order valence-electron chi connectivity index (χ1n) is 9.30. The fourth-order valence-electron chi connectivity index (χ4n) is 3.35. The van der Waals surface area contributed by atoms with E-state index in [4.69, 9.17) is 9.47 Å². The Kier molecular flexibility index (Phi) is 5.45. The van der Waals surface area contributed by atoms with Crippen LogP contribution < -0.4 is 9.64 Å². The molecule has 1 atom stereocenters. The molecule has 6 nitrogen and oxygen atoms in total. The summed E-state index contributed by atoms with van der Waals surface area (Å²) in [5.74, 6) is 0.282. The number of hydrogen-bond acceptors (Lipinski definition) is 5. The lowest BCUT2D eigenvalue weighted by molar-refractivity contribution is -0.142. The zero-order valence-electron chi connectivity index (χ0n) is 15.7. The minimum Gasteiger partial charge on any atom is -0.476 e. The largest absolute Gasteiger partial charge is 0.476 e. The van der Waals surface area contributed by atoms with Gasteiger partial charge >= 0.3 is 0 Å². The van der Waals surface area contributed by atoms with Crippen molar-refractivity contribution in [3.8, 4) is 5.75 Å². The number of morpholine rings is 1. The Morgan fingerprint density at radius 2 is 1.93 bits per heavy atom. The molecular weight excluding hydrogens is 376 g/mol. The van der Waals surface area contributed by atoms with Crippen LogP contribution >= 0.6 is 11.3 Å². The molecule has 2 aromatic rings. The first-order chi connectivity index (χ1) is 13.6. The Labute approximate surface area is 168 Å². The third kappa shape index (κ3) is 3.95. The van der Waals surface area contributed by atoms with Crippen LogP contribution in [0.25, 0.3) is 6.08 Å². The number of para-hydroxylation sites is 2. The molecule has 2 amide bonds. The smallest absolute Gasteiger partial charge is 0.265 e. The molecule has 1 fully saturated rings. The monoisotopic (exact) mass is 398 g/mol. The summed E-state index contributed by atoms with van der Waals surface area (Å²) >= 11 is 1.63. The minimum absolute atomic E-state index is 0.103. The molecule has 7 heteroatoms. The Hall–Kier alpha value is -2.64. The van der Waals surface area contributed by atoms with E-state index in [9.17, 15) is 9.59 Å². The number of thiophene rings is 1.